The van der Waals surface area contributed by atoms with E-state index in [9.17, 15) is 4.79 Å². The molecule has 5 nitrogen and oxygen atoms in total. The van der Waals surface area contributed by atoms with Crippen LogP contribution in [0.5, 0.6) is 0 Å². The molecule has 0 aliphatic carbocycles. The number of nitrogens with zero attached hydrogens (tertiary/aromatic N) is 4. The highest BCUT2D eigenvalue weighted by atomic mass is 16.2. The van der Waals surface area contributed by atoms with Gasteiger partial charge in [0.15, 0.2) is 0 Å². The van der Waals surface area contributed by atoms with Crippen molar-refractivity contribution in [2.45, 2.75) is 13.0 Å². The highest BCUT2D eigenvalue weighted by Gasteiger charge is 2.25. The second-order valence-electron chi connectivity index (χ2n) is 5.15. The number of aromatic nitrogens is 3. The maximum atomic E-state index is 12.5. The van der Waals surface area contributed by atoms with E-state index in [0.29, 0.717) is 18.7 Å². The topological polar surface area (TPSA) is 50.5 Å². The molecule has 0 bridgehead atoms. The van der Waals surface area contributed by atoms with Crippen molar-refractivity contribution in [3.63, 3.8) is 0 Å². The lowest BCUT2D eigenvalue weighted by Gasteiger charge is -2.26. The summed E-state index contributed by atoms with van der Waals surface area (Å²) in [7, 11) is 0. The molecular formula is C16H14N4O. The van der Waals surface area contributed by atoms with E-state index in [1.807, 2.05) is 29.3 Å². The molecule has 4 heterocycles. The van der Waals surface area contributed by atoms with Gasteiger partial charge in [-0.1, -0.05) is 6.07 Å². The minimum Gasteiger partial charge on any atom is -0.332 e. The second-order valence-corrected chi connectivity index (χ2v) is 5.15. The van der Waals surface area contributed by atoms with E-state index in [4.69, 9.17) is 0 Å². The van der Waals surface area contributed by atoms with Crippen LogP contribution >= 0.6 is 0 Å². The summed E-state index contributed by atoms with van der Waals surface area (Å²) in [6, 6.07) is 9.47. The van der Waals surface area contributed by atoms with Crippen molar-refractivity contribution in [1.29, 1.82) is 0 Å². The summed E-state index contributed by atoms with van der Waals surface area (Å²) < 4.78 is 2.07. The first-order valence-electron chi connectivity index (χ1n) is 6.97. The van der Waals surface area contributed by atoms with Crippen LogP contribution in [0.4, 0.5) is 0 Å². The zero-order valence-electron chi connectivity index (χ0n) is 11.4. The predicted octanol–water partition coefficient (Wildman–Crippen LogP) is 1.93. The molecule has 1 aliphatic heterocycles. The number of carbonyl (C=O) groups excluding carboxylic acids is 1. The summed E-state index contributed by atoms with van der Waals surface area (Å²) in [5, 5.41) is 0. The molecule has 3 aromatic rings. The maximum absolute atomic E-state index is 12.5. The molecule has 0 atom stereocenters. The highest BCUT2D eigenvalue weighted by Crippen LogP contribution is 2.21. The average Bonchev–Trinajstić information content (AvgIpc) is 2.93. The number of pyridine rings is 2. The number of fused-ring (bicyclic) bond motifs is 3. The summed E-state index contributed by atoms with van der Waals surface area (Å²) in [4.78, 5) is 23.0. The summed E-state index contributed by atoms with van der Waals surface area (Å²) in [5.74, 6) is 0.0499. The van der Waals surface area contributed by atoms with Gasteiger partial charge in [-0.05, 0) is 24.3 Å². The van der Waals surface area contributed by atoms with Crippen molar-refractivity contribution in [3.05, 3.63) is 65.9 Å². The molecule has 1 aliphatic rings. The van der Waals surface area contributed by atoms with Crippen LogP contribution in [0.25, 0.3) is 5.65 Å². The molecule has 0 aromatic carbocycles. The molecule has 0 spiro atoms. The Kier molecular flexibility index (Phi) is 2.70. The zero-order valence-corrected chi connectivity index (χ0v) is 11.4. The average molecular weight is 278 g/mol. The largest absolute Gasteiger partial charge is 0.332 e. The summed E-state index contributed by atoms with van der Waals surface area (Å²) in [6.07, 6.45) is 6.10. The molecule has 0 saturated heterocycles. The van der Waals surface area contributed by atoms with Crippen LogP contribution in [0.15, 0.2) is 48.9 Å². The molecule has 0 fully saturated rings. The fourth-order valence-electron chi connectivity index (χ4n) is 2.81. The predicted molar refractivity (Wildman–Crippen MR) is 77.9 cm³/mol. The Bertz CT molecular complexity index is 810. The van der Waals surface area contributed by atoms with Gasteiger partial charge >= 0.3 is 0 Å². The zero-order chi connectivity index (χ0) is 14.2. The van der Waals surface area contributed by atoms with E-state index < -0.39 is 0 Å². The molecular weight excluding hydrogens is 264 g/mol. The third-order valence-electron chi connectivity index (χ3n) is 3.89. The van der Waals surface area contributed by atoms with Crippen molar-refractivity contribution in [2.75, 3.05) is 6.54 Å². The van der Waals surface area contributed by atoms with Gasteiger partial charge in [0, 0.05) is 37.1 Å². The fourth-order valence-corrected chi connectivity index (χ4v) is 2.81. The molecule has 3 aromatic heterocycles. The van der Waals surface area contributed by atoms with Crippen molar-refractivity contribution < 1.29 is 4.79 Å². The molecule has 4 rings (SSSR count). The van der Waals surface area contributed by atoms with Gasteiger partial charge in [0.2, 0.25) is 0 Å². The molecule has 5 heteroatoms. The lowest BCUT2D eigenvalue weighted by atomic mass is 10.1. The van der Waals surface area contributed by atoms with Gasteiger partial charge in [0.1, 0.15) is 5.65 Å². The van der Waals surface area contributed by atoms with Crippen LogP contribution < -0.4 is 0 Å². The quantitative estimate of drug-likeness (QED) is 0.683. The van der Waals surface area contributed by atoms with Gasteiger partial charge in [-0.3, -0.25) is 9.78 Å². The fraction of sp³-hybridized carbons (Fsp3) is 0.188. The van der Waals surface area contributed by atoms with Crippen LogP contribution in [0.3, 0.4) is 0 Å². The lowest BCUT2D eigenvalue weighted by Crippen LogP contribution is -2.36. The van der Waals surface area contributed by atoms with Crippen LogP contribution in [0.1, 0.15) is 21.7 Å². The van der Waals surface area contributed by atoms with E-state index >= 15 is 0 Å². The number of carbonyl (C=O) groups is 1. The van der Waals surface area contributed by atoms with E-state index in [-0.39, 0.29) is 5.91 Å². The van der Waals surface area contributed by atoms with E-state index in [1.54, 1.807) is 24.5 Å². The van der Waals surface area contributed by atoms with Crippen molar-refractivity contribution >= 4 is 11.6 Å². The first-order chi connectivity index (χ1) is 10.3. The number of hydrogen-bond donors (Lipinski definition) is 0. The smallest absolute Gasteiger partial charge is 0.254 e. The van der Waals surface area contributed by atoms with Crippen LogP contribution in [0, 0.1) is 0 Å². The molecule has 104 valence electrons. The van der Waals surface area contributed by atoms with E-state index in [2.05, 4.69) is 14.4 Å². The Morgan fingerprint density at radius 1 is 1.14 bits per heavy atom. The standard InChI is InChI=1S/C16H14N4O/c21-16(12-4-7-17-8-5-12)19-10-6-13-14(11-19)20-9-2-1-3-15(20)18-13/h1-5,7-9H,6,10-11H2. The first kappa shape index (κ1) is 12.1. The number of imidazole rings is 1. The summed E-state index contributed by atoms with van der Waals surface area (Å²) in [5.41, 5.74) is 3.84. The van der Waals surface area contributed by atoms with Crippen LogP contribution in [-0.4, -0.2) is 31.7 Å². The molecule has 21 heavy (non-hydrogen) atoms. The Hall–Kier alpha value is -2.69. The number of amides is 1. The maximum Gasteiger partial charge on any atom is 0.254 e. The minimum absolute atomic E-state index is 0.0499. The third kappa shape index (κ3) is 1.98. The molecule has 0 radical (unpaired) electrons. The molecule has 0 N–H and O–H groups in total. The van der Waals surface area contributed by atoms with Gasteiger partial charge in [-0.15, -0.1) is 0 Å². The summed E-state index contributed by atoms with van der Waals surface area (Å²) in [6.45, 7) is 1.31. The minimum atomic E-state index is 0.0499. The van der Waals surface area contributed by atoms with Gasteiger partial charge < -0.3 is 9.30 Å². The van der Waals surface area contributed by atoms with E-state index in [1.165, 1.54) is 0 Å². The monoisotopic (exact) mass is 278 g/mol. The van der Waals surface area contributed by atoms with E-state index in [0.717, 1.165) is 23.5 Å². The summed E-state index contributed by atoms with van der Waals surface area (Å²) >= 11 is 0. The van der Waals surface area contributed by atoms with Crippen LogP contribution in [-0.2, 0) is 13.0 Å². The highest BCUT2D eigenvalue weighted by molar-refractivity contribution is 5.94. The SMILES string of the molecule is O=C(c1ccncc1)N1CCc2nc3ccccn3c2C1. The number of hydrogen-bond acceptors (Lipinski definition) is 3. The molecule has 1 amide bonds. The Morgan fingerprint density at radius 2 is 2.00 bits per heavy atom. The number of rotatable bonds is 1. The van der Waals surface area contributed by atoms with Crippen molar-refractivity contribution in [2.24, 2.45) is 0 Å². The Balaban J connectivity index is 1.69. The van der Waals surface area contributed by atoms with Crippen LogP contribution in [0.2, 0.25) is 0 Å². The third-order valence-corrected chi connectivity index (χ3v) is 3.89. The van der Waals surface area contributed by atoms with Crippen molar-refractivity contribution in [3.8, 4) is 0 Å². The van der Waals surface area contributed by atoms with Crippen molar-refractivity contribution in [1.82, 2.24) is 19.3 Å². The normalized spacial score (nSPS) is 14.2. The van der Waals surface area contributed by atoms with Gasteiger partial charge in [-0.25, -0.2) is 4.98 Å². The second kappa shape index (κ2) is 4.70. The van der Waals surface area contributed by atoms with Gasteiger partial charge in [0.25, 0.3) is 5.91 Å². The van der Waals surface area contributed by atoms with Gasteiger partial charge in [0.05, 0.1) is 17.9 Å². The Labute approximate surface area is 121 Å². The van der Waals surface area contributed by atoms with Gasteiger partial charge in [-0.2, -0.15) is 0 Å². The molecule has 0 saturated carbocycles. The Morgan fingerprint density at radius 3 is 2.86 bits per heavy atom. The lowest BCUT2D eigenvalue weighted by molar-refractivity contribution is 0.0731. The first-order valence-corrected chi connectivity index (χ1v) is 6.97. The molecule has 0 unspecified atom stereocenters.